The Hall–Kier alpha value is -2.35. The first-order valence-electron chi connectivity index (χ1n) is 8.70. The van der Waals surface area contributed by atoms with Gasteiger partial charge in [0.25, 0.3) is 0 Å². The molecule has 1 amide bonds. The molecule has 0 aliphatic rings. The Bertz CT molecular complexity index is 743. The van der Waals surface area contributed by atoms with Gasteiger partial charge < -0.3 is 14.6 Å². The number of anilines is 1. The summed E-state index contributed by atoms with van der Waals surface area (Å²) in [6.07, 6.45) is 1.88. The third-order valence-electron chi connectivity index (χ3n) is 3.60. The molecule has 1 aromatic carbocycles. The van der Waals surface area contributed by atoms with Crippen molar-refractivity contribution in [3.63, 3.8) is 0 Å². The molecular formula is C18H24N4O3S. The number of carbonyl (C=O) groups is 2. The SMILES string of the molecule is CCCc1nnc(SCC(=O)Nc2ccc(C(=O)OCC)cc2)n1CC. The van der Waals surface area contributed by atoms with Crippen molar-refractivity contribution in [1.82, 2.24) is 14.8 Å². The standard InChI is InChI=1S/C18H24N4O3S/c1-4-7-15-20-21-18(22(15)5-2)26-12-16(23)19-14-10-8-13(9-11-14)17(24)25-6-3/h8-11H,4-7,12H2,1-3H3,(H,19,23). The molecule has 7 nitrogen and oxygen atoms in total. The molecule has 8 heteroatoms. The maximum Gasteiger partial charge on any atom is 0.338 e. The summed E-state index contributed by atoms with van der Waals surface area (Å²) in [4.78, 5) is 23.8. The molecule has 2 aromatic rings. The average Bonchev–Trinajstić information content (AvgIpc) is 3.03. The van der Waals surface area contributed by atoms with E-state index in [1.54, 1.807) is 31.2 Å². The highest BCUT2D eigenvalue weighted by molar-refractivity contribution is 7.99. The minimum absolute atomic E-state index is 0.137. The number of thioether (sulfide) groups is 1. The fourth-order valence-electron chi connectivity index (χ4n) is 2.38. The quantitative estimate of drug-likeness (QED) is 0.534. The number of hydrogen-bond donors (Lipinski definition) is 1. The summed E-state index contributed by atoms with van der Waals surface area (Å²) < 4.78 is 6.97. The molecule has 0 spiro atoms. The number of aryl methyl sites for hydroxylation is 1. The molecule has 0 atom stereocenters. The maximum atomic E-state index is 12.2. The van der Waals surface area contributed by atoms with Crippen molar-refractivity contribution in [2.24, 2.45) is 0 Å². The molecule has 1 aromatic heterocycles. The second-order valence-electron chi connectivity index (χ2n) is 5.53. The average molecular weight is 376 g/mol. The lowest BCUT2D eigenvalue weighted by Crippen LogP contribution is -2.15. The van der Waals surface area contributed by atoms with Crippen LogP contribution in [-0.2, 0) is 22.5 Å². The molecule has 0 aliphatic carbocycles. The zero-order valence-corrected chi connectivity index (χ0v) is 16.1. The molecule has 0 radical (unpaired) electrons. The zero-order chi connectivity index (χ0) is 18.9. The smallest absolute Gasteiger partial charge is 0.338 e. The molecule has 26 heavy (non-hydrogen) atoms. The topological polar surface area (TPSA) is 86.1 Å². The van der Waals surface area contributed by atoms with E-state index in [9.17, 15) is 9.59 Å². The molecule has 2 rings (SSSR count). The largest absolute Gasteiger partial charge is 0.462 e. The highest BCUT2D eigenvalue weighted by Gasteiger charge is 2.13. The van der Waals surface area contributed by atoms with Gasteiger partial charge in [-0.25, -0.2) is 4.79 Å². The summed E-state index contributed by atoms with van der Waals surface area (Å²) in [7, 11) is 0. The van der Waals surface area contributed by atoms with E-state index in [1.165, 1.54) is 11.8 Å². The van der Waals surface area contributed by atoms with E-state index < -0.39 is 0 Å². The second kappa shape index (κ2) is 9.96. The molecule has 0 bridgehead atoms. The number of rotatable bonds is 9. The lowest BCUT2D eigenvalue weighted by Gasteiger charge is -2.08. The van der Waals surface area contributed by atoms with Crippen LogP contribution in [0.5, 0.6) is 0 Å². The number of carbonyl (C=O) groups excluding carboxylic acids is 2. The fraction of sp³-hybridized carbons (Fsp3) is 0.444. The van der Waals surface area contributed by atoms with E-state index >= 15 is 0 Å². The third kappa shape index (κ3) is 5.32. The van der Waals surface area contributed by atoms with Crippen LogP contribution in [0.3, 0.4) is 0 Å². The minimum atomic E-state index is -0.372. The molecular weight excluding hydrogens is 352 g/mol. The monoisotopic (exact) mass is 376 g/mol. The zero-order valence-electron chi connectivity index (χ0n) is 15.3. The Morgan fingerprint density at radius 1 is 1.15 bits per heavy atom. The first kappa shape index (κ1) is 20.0. The molecule has 0 saturated heterocycles. The number of hydrogen-bond acceptors (Lipinski definition) is 6. The molecule has 0 saturated carbocycles. The fourth-order valence-corrected chi connectivity index (χ4v) is 3.20. The van der Waals surface area contributed by atoms with Gasteiger partial charge in [-0.3, -0.25) is 4.79 Å². The molecule has 0 fully saturated rings. The van der Waals surface area contributed by atoms with Crippen LogP contribution in [0.25, 0.3) is 0 Å². The number of aromatic nitrogens is 3. The first-order valence-corrected chi connectivity index (χ1v) is 9.69. The molecule has 0 unspecified atom stereocenters. The lowest BCUT2D eigenvalue weighted by atomic mass is 10.2. The first-order chi connectivity index (χ1) is 12.6. The Morgan fingerprint density at radius 3 is 2.50 bits per heavy atom. The van der Waals surface area contributed by atoms with Crippen molar-refractivity contribution in [3.05, 3.63) is 35.7 Å². The Balaban J connectivity index is 1.90. The van der Waals surface area contributed by atoms with Crippen molar-refractivity contribution >= 4 is 29.3 Å². The number of ether oxygens (including phenoxy) is 1. The Labute approximate surface area is 157 Å². The number of benzene rings is 1. The van der Waals surface area contributed by atoms with Gasteiger partial charge in [0.15, 0.2) is 5.16 Å². The van der Waals surface area contributed by atoms with Gasteiger partial charge >= 0.3 is 5.97 Å². The van der Waals surface area contributed by atoms with Gasteiger partial charge in [-0.15, -0.1) is 10.2 Å². The van der Waals surface area contributed by atoms with E-state index in [0.717, 1.165) is 30.4 Å². The van der Waals surface area contributed by atoms with Gasteiger partial charge in [0.2, 0.25) is 5.91 Å². The van der Waals surface area contributed by atoms with Crippen LogP contribution in [0.2, 0.25) is 0 Å². The van der Waals surface area contributed by atoms with E-state index in [4.69, 9.17) is 4.74 Å². The number of esters is 1. The summed E-state index contributed by atoms with van der Waals surface area (Å²) in [6, 6.07) is 6.63. The van der Waals surface area contributed by atoms with Crippen molar-refractivity contribution in [2.45, 2.75) is 45.3 Å². The number of amides is 1. The highest BCUT2D eigenvalue weighted by atomic mass is 32.2. The van der Waals surface area contributed by atoms with Crippen molar-refractivity contribution < 1.29 is 14.3 Å². The van der Waals surface area contributed by atoms with Crippen LogP contribution in [-0.4, -0.2) is 39.0 Å². The second-order valence-corrected chi connectivity index (χ2v) is 6.47. The van der Waals surface area contributed by atoms with Crippen LogP contribution in [0.1, 0.15) is 43.4 Å². The van der Waals surface area contributed by atoms with E-state index in [1.807, 2.05) is 11.5 Å². The maximum absolute atomic E-state index is 12.2. The van der Waals surface area contributed by atoms with Crippen LogP contribution >= 0.6 is 11.8 Å². The normalized spacial score (nSPS) is 10.6. The molecule has 1 heterocycles. The van der Waals surface area contributed by atoms with Gasteiger partial charge in [0.1, 0.15) is 5.82 Å². The van der Waals surface area contributed by atoms with Gasteiger partial charge in [0.05, 0.1) is 17.9 Å². The van der Waals surface area contributed by atoms with Gasteiger partial charge in [-0.1, -0.05) is 18.7 Å². The molecule has 1 N–H and O–H groups in total. The van der Waals surface area contributed by atoms with Crippen LogP contribution < -0.4 is 5.32 Å². The van der Waals surface area contributed by atoms with Crippen molar-refractivity contribution in [2.75, 3.05) is 17.7 Å². The van der Waals surface area contributed by atoms with Crippen LogP contribution in [0.15, 0.2) is 29.4 Å². The predicted molar refractivity (Wildman–Crippen MR) is 101 cm³/mol. The van der Waals surface area contributed by atoms with Gasteiger partial charge in [-0.05, 0) is 44.5 Å². The lowest BCUT2D eigenvalue weighted by molar-refractivity contribution is -0.113. The summed E-state index contributed by atoms with van der Waals surface area (Å²) in [6.45, 7) is 7.01. The van der Waals surface area contributed by atoms with E-state index in [2.05, 4.69) is 22.4 Å². The highest BCUT2D eigenvalue weighted by Crippen LogP contribution is 2.18. The molecule has 140 valence electrons. The summed E-state index contributed by atoms with van der Waals surface area (Å²) in [5, 5.41) is 11.9. The predicted octanol–water partition coefficient (Wildman–Crippen LogP) is 3.16. The van der Waals surface area contributed by atoms with E-state index in [0.29, 0.717) is 17.9 Å². The van der Waals surface area contributed by atoms with Gasteiger partial charge in [-0.2, -0.15) is 0 Å². The Morgan fingerprint density at radius 2 is 1.88 bits per heavy atom. The van der Waals surface area contributed by atoms with E-state index in [-0.39, 0.29) is 17.6 Å². The van der Waals surface area contributed by atoms with Crippen molar-refractivity contribution in [1.29, 1.82) is 0 Å². The summed E-state index contributed by atoms with van der Waals surface area (Å²) >= 11 is 1.36. The third-order valence-corrected chi connectivity index (χ3v) is 4.56. The number of nitrogens with one attached hydrogen (secondary N) is 1. The van der Waals surface area contributed by atoms with Crippen LogP contribution in [0.4, 0.5) is 5.69 Å². The summed E-state index contributed by atoms with van der Waals surface area (Å²) in [5.74, 6) is 0.681. The van der Waals surface area contributed by atoms with Crippen molar-refractivity contribution in [3.8, 4) is 0 Å². The minimum Gasteiger partial charge on any atom is -0.462 e. The summed E-state index contributed by atoms with van der Waals surface area (Å²) in [5.41, 5.74) is 1.09. The number of nitrogens with zero attached hydrogens (tertiary/aromatic N) is 3. The van der Waals surface area contributed by atoms with Gasteiger partial charge in [0, 0.05) is 18.7 Å². The van der Waals surface area contributed by atoms with Crippen LogP contribution in [0, 0.1) is 0 Å². The Kier molecular flexibility index (Phi) is 7.65. The molecule has 0 aliphatic heterocycles.